The molecule has 0 saturated heterocycles. The predicted octanol–water partition coefficient (Wildman–Crippen LogP) is 3.15. The first-order chi connectivity index (χ1) is 7.22. The van der Waals surface area contributed by atoms with Gasteiger partial charge in [-0.25, -0.2) is 0 Å². The van der Waals surface area contributed by atoms with Crippen molar-refractivity contribution in [3.63, 3.8) is 0 Å². The number of thiocarbonyl (C=S) groups is 2. The van der Waals surface area contributed by atoms with Crippen molar-refractivity contribution >= 4 is 34.5 Å². The molecule has 80 valence electrons. The van der Waals surface area contributed by atoms with Crippen LogP contribution in [0.2, 0.25) is 0 Å². The molecule has 0 aromatic heterocycles. The van der Waals surface area contributed by atoms with E-state index < -0.39 is 0 Å². The normalized spacial score (nSPS) is 9.40. The lowest BCUT2D eigenvalue weighted by Gasteiger charge is -2.07. The third-order valence-electron chi connectivity index (χ3n) is 1.57. The van der Waals surface area contributed by atoms with Crippen molar-refractivity contribution in [1.82, 2.24) is 0 Å². The van der Waals surface area contributed by atoms with E-state index in [0.29, 0.717) is 23.1 Å². The van der Waals surface area contributed by atoms with Crippen LogP contribution in [-0.2, 0) is 4.74 Å². The van der Waals surface area contributed by atoms with E-state index in [9.17, 15) is 0 Å². The first-order valence-corrected chi connectivity index (χ1v) is 5.45. The molecular weight excluding hydrogens is 228 g/mol. The van der Waals surface area contributed by atoms with Gasteiger partial charge in [-0.3, -0.25) is 0 Å². The molecule has 0 atom stereocenters. The molecule has 0 unspecified atom stereocenters. The molecule has 0 heterocycles. The summed E-state index contributed by atoms with van der Waals surface area (Å²) < 4.78 is 10.5. The molecular formula is C11H12O2S2. The number of hydrogen-bond acceptors (Lipinski definition) is 4. The average Bonchev–Trinajstić information content (AvgIpc) is 2.19. The van der Waals surface area contributed by atoms with Crippen LogP contribution in [0.15, 0.2) is 30.3 Å². The molecule has 2 nitrogen and oxygen atoms in total. The van der Waals surface area contributed by atoms with Gasteiger partial charge in [0.15, 0.2) is 10.1 Å². The molecule has 0 aliphatic heterocycles. The van der Waals surface area contributed by atoms with Crippen LogP contribution in [0, 0.1) is 0 Å². The molecule has 0 fully saturated rings. The monoisotopic (exact) mass is 240 g/mol. The van der Waals surface area contributed by atoms with Crippen LogP contribution in [0.3, 0.4) is 0 Å². The van der Waals surface area contributed by atoms with Crippen molar-refractivity contribution < 1.29 is 9.47 Å². The Kier molecular flexibility index (Phi) is 5.21. The maximum absolute atomic E-state index is 5.40. The van der Waals surface area contributed by atoms with Gasteiger partial charge in [-0.05, 0) is 43.5 Å². The molecule has 0 radical (unpaired) electrons. The maximum Gasteiger partial charge on any atom is 0.175 e. The maximum atomic E-state index is 5.40. The quantitative estimate of drug-likeness (QED) is 0.752. The summed E-state index contributed by atoms with van der Waals surface area (Å²) in [5, 5.41) is 0.901. The van der Waals surface area contributed by atoms with Crippen LogP contribution in [0.1, 0.15) is 13.3 Å². The first-order valence-electron chi connectivity index (χ1n) is 4.63. The van der Waals surface area contributed by atoms with Crippen LogP contribution in [-0.4, -0.2) is 16.7 Å². The minimum absolute atomic E-state index is 0.382. The van der Waals surface area contributed by atoms with Gasteiger partial charge in [0.05, 0.1) is 13.0 Å². The van der Waals surface area contributed by atoms with Gasteiger partial charge >= 0.3 is 0 Å². The summed E-state index contributed by atoms with van der Waals surface area (Å²) in [4.78, 5) is 0. The van der Waals surface area contributed by atoms with Gasteiger partial charge in [0.2, 0.25) is 0 Å². The summed E-state index contributed by atoms with van der Waals surface area (Å²) in [5.74, 6) is 0.724. The SMILES string of the molecule is CCOC(=S)CC(=S)Oc1ccccc1. The third kappa shape index (κ3) is 4.85. The molecule has 1 aromatic carbocycles. The molecule has 1 rings (SSSR count). The van der Waals surface area contributed by atoms with Crippen molar-refractivity contribution in [3.8, 4) is 5.75 Å². The van der Waals surface area contributed by atoms with Crippen molar-refractivity contribution in [1.29, 1.82) is 0 Å². The van der Waals surface area contributed by atoms with Crippen molar-refractivity contribution in [3.05, 3.63) is 30.3 Å². The molecule has 4 heteroatoms. The van der Waals surface area contributed by atoms with Gasteiger partial charge in [0.1, 0.15) is 5.75 Å². The molecule has 15 heavy (non-hydrogen) atoms. The highest BCUT2D eigenvalue weighted by Gasteiger charge is 2.04. The molecule has 0 saturated carbocycles. The zero-order valence-electron chi connectivity index (χ0n) is 8.43. The van der Waals surface area contributed by atoms with Crippen molar-refractivity contribution in [2.24, 2.45) is 0 Å². The summed E-state index contributed by atoms with van der Waals surface area (Å²) in [7, 11) is 0. The zero-order chi connectivity index (χ0) is 11.1. The lowest BCUT2D eigenvalue weighted by Crippen LogP contribution is -2.12. The second kappa shape index (κ2) is 6.48. The fourth-order valence-corrected chi connectivity index (χ4v) is 1.55. The van der Waals surface area contributed by atoms with Crippen molar-refractivity contribution in [2.45, 2.75) is 13.3 Å². The van der Waals surface area contributed by atoms with E-state index in [2.05, 4.69) is 0 Å². The summed E-state index contributed by atoms with van der Waals surface area (Å²) in [5.41, 5.74) is 0. The molecule has 0 amide bonds. The number of hydrogen-bond donors (Lipinski definition) is 0. The van der Waals surface area contributed by atoms with Crippen LogP contribution in [0.25, 0.3) is 0 Å². The fourth-order valence-electron chi connectivity index (χ4n) is 0.986. The Balaban J connectivity index is 2.40. The Hall–Kier alpha value is -1.00. The molecule has 1 aromatic rings. The minimum Gasteiger partial charge on any atom is -0.487 e. The standard InChI is InChI=1S/C11H12O2S2/c1-2-12-10(14)8-11(15)13-9-6-4-3-5-7-9/h3-7H,2,8H2,1H3. The Morgan fingerprint density at radius 2 is 1.80 bits per heavy atom. The van der Waals surface area contributed by atoms with Gasteiger partial charge in [-0.15, -0.1) is 0 Å². The van der Waals surface area contributed by atoms with Gasteiger partial charge < -0.3 is 9.47 Å². The largest absolute Gasteiger partial charge is 0.487 e. The fraction of sp³-hybridized carbons (Fsp3) is 0.273. The minimum atomic E-state index is 0.382. The predicted molar refractivity (Wildman–Crippen MR) is 68.5 cm³/mol. The Labute approximate surface area is 100 Å². The molecule has 0 spiro atoms. The Morgan fingerprint density at radius 1 is 1.13 bits per heavy atom. The second-order valence-corrected chi connectivity index (χ2v) is 3.68. The summed E-state index contributed by atoms with van der Waals surface area (Å²) in [6.45, 7) is 2.44. The number of para-hydroxylation sites is 1. The van der Waals surface area contributed by atoms with Crippen molar-refractivity contribution in [2.75, 3.05) is 6.61 Å². The Bertz CT molecular complexity index is 336. The van der Waals surface area contributed by atoms with E-state index in [1.54, 1.807) is 0 Å². The highest BCUT2D eigenvalue weighted by Crippen LogP contribution is 2.10. The average molecular weight is 240 g/mol. The van der Waals surface area contributed by atoms with Gasteiger partial charge in [0.25, 0.3) is 0 Å². The van der Waals surface area contributed by atoms with E-state index in [0.717, 1.165) is 5.75 Å². The van der Waals surface area contributed by atoms with Gasteiger partial charge in [-0.1, -0.05) is 18.2 Å². The highest BCUT2D eigenvalue weighted by atomic mass is 32.1. The van der Waals surface area contributed by atoms with E-state index in [-0.39, 0.29) is 0 Å². The molecule has 0 aliphatic carbocycles. The van der Waals surface area contributed by atoms with E-state index >= 15 is 0 Å². The van der Waals surface area contributed by atoms with E-state index in [4.69, 9.17) is 33.9 Å². The number of benzene rings is 1. The summed E-state index contributed by atoms with van der Waals surface area (Å²) in [6, 6.07) is 9.38. The lowest BCUT2D eigenvalue weighted by molar-refractivity contribution is 0.330. The smallest absolute Gasteiger partial charge is 0.175 e. The van der Waals surface area contributed by atoms with Gasteiger partial charge in [-0.2, -0.15) is 0 Å². The summed E-state index contributed by atoms with van der Waals surface area (Å²) >= 11 is 9.99. The Morgan fingerprint density at radius 3 is 2.40 bits per heavy atom. The molecule has 0 N–H and O–H groups in total. The van der Waals surface area contributed by atoms with Crippen LogP contribution in [0.5, 0.6) is 5.75 Å². The van der Waals surface area contributed by atoms with E-state index in [1.807, 2.05) is 37.3 Å². The molecule has 0 aliphatic rings. The first kappa shape index (κ1) is 12.1. The summed E-state index contributed by atoms with van der Waals surface area (Å²) in [6.07, 6.45) is 0.382. The van der Waals surface area contributed by atoms with Crippen LogP contribution >= 0.6 is 24.4 Å². The second-order valence-electron chi connectivity index (χ2n) is 2.77. The number of rotatable bonds is 4. The number of ether oxygens (including phenoxy) is 2. The topological polar surface area (TPSA) is 18.5 Å². The highest BCUT2D eigenvalue weighted by molar-refractivity contribution is 7.81. The van der Waals surface area contributed by atoms with E-state index in [1.165, 1.54) is 0 Å². The van der Waals surface area contributed by atoms with Crippen LogP contribution < -0.4 is 4.74 Å². The lowest BCUT2D eigenvalue weighted by atomic mass is 10.3. The van der Waals surface area contributed by atoms with Crippen LogP contribution in [0.4, 0.5) is 0 Å². The molecule has 0 bridgehead atoms. The zero-order valence-corrected chi connectivity index (χ0v) is 10.1. The van der Waals surface area contributed by atoms with Gasteiger partial charge in [0, 0.05) is 0 Å². The third-order valence-corrected chi connectivity index (χ3v) is 2.06.